The molecule has 0 aliphatic carbocycles. The molecule has 0 aliphatic heterocycles. The fourth-order valence-corrected chi connectivity index (χ4v) is 3.98. The molecular weight excluding hydrogens is 300 g/mol. The average Bonchev–Trinajstić information content (AvgIpc) is 2.90. The number of nitrogens with one attached hydrogen (secondary N) is 1. The standard InChI is InChI=1S/C12H12N2O4S2/c1-8(9-4-6-13-7-5-9)14-20(17,18)11-3-2-10(19-11)12(15)16/h2-8,14H,1H3,(H,15,16)/t8-/m0/s1. The Morgan fingerprint density at radius 1 is 1.30 bits per heavy atom. The van der Waals surface area contributed by atoms with Crippen molar-refractivity contribution in [2.45, 2.75) is 17.2 Å². The topological polar surface area (TPSA) is 96.4 Å². The Hall–Kier alpha value is -1.77. The predicted octanol–water partition coefficient (Wildman–Crippen LogP) is 1.88. The van der Waals surface area contributed by atoms with Crippen LogP contribution in [0.15, 0.2) is 40.9 Å². The molecular formula is C12H12N2O4S2. The van der Waals surface area contributed by atoms with E-state index in [2.05, 4.69) is 9.71 Å². The number of pyridine rings is 1. The van der Waals surface area contributed by atoms with Gasteiger partial charge >= 0.3 is 5.97 Å². The number of rotatable bonds is 5. The van der Waals surface area contributed by atoms with E-state index in [1.54, 1.807) is 31.5 Å². The van der Waals surface area contributed by atoms with Crippen molar-refractivity contribution in [2.75, 3.05) is 0 Å². The second-order valence-corrected chi connectivity index (χ2v) is 7.07. The predicted molar refractivity (Wildman–Crippen MR) is 74.3 cm³/mol. The summed E-state index contributed by atoms with van der Waals surface area (Å²) in [5.74, 6) is -1.14. The molecule has 2 rings (SSSR count). The highest BCUT2D eigenvalue weighted by Crippen LogP contribution is 2.23. The largest absolute Gasteiger partial charge is 0.477 e. The Balaban J connectivity index is 2.20. The molecule has 0 unspecified atom stereocenters. The molecule has 20 heavy (non-hydrogen) atoms. The maximum atomic E-state index is 12.1. The van der Waals surface area contributed by atoms with E-state index in [-0.39, 0.29) is 9.09 Å². The molecule has 6 nitrogen and oxygen atoms in total. The van der Waals surface area contributed by atoms with Crippen LogP contribution in [0.25, 0.3) is 0 Å². The zero-order valence-corrected chi connectivity index (χ0v) is 12.1. The highest BCUT2D eigenvalue weighted by molar-refractivity contribution is 7.91. The van der Waals surface area contributed by atoms with Crippen molar-refractivity contribution in [3.63, 3.8) is 0 Å². The lowest BCUT2D eigenvalue weighted by molar-refractivity contribution is 0.0702. The third-order valence-corrected chi connectivity index (χ3v) is 5.70. The van der Waals surface area contributed by atoms with E-state index in [1.807, 2.05) is 0 Å². The summed E-state index contributed by atoms with van der Waals surface area (Å²) in [6.07, 6.45) is 3.15. The third-order valence-electron chi connectivity index (χ3n) is 2.60. The Bertz CT molecular complexity index is 710. The summed E-state index contributed by atoms with van der Waals surface area (Å²) in [5.41, 5.74) is 0.776. The number of thiophene rings is 1. The Morgan fingerprint density at radius 2 is 1.95 bits per heavy atom. The van der Waals surface area contributed by atoms with Gasteiger partial charge in [-0.05, 0) is 36.8 Å². The molecule has 2 aromatic heterocycles. The summed E-state index contributed by atoms with van der Waals surface area (Å²) >= 11 is 0.723. The van der Waals surface area contributed by atoms with Crippen LogP contribution in [0.3, 0.4) is 0 Å². The van der Waals surface area contributed by atoms with E-state index in [0.29, 0.717) is 0 Å². The lowest BCUT2D eigenvalue weighted by atomic mass is 10.1. The van der Waals surface area contributed by atoms with Crippen LogP contribution >= 0.6 is 11.3 Å². The smallest absolute Gasteiger partial charge is 0.345 e. The summed E-state index contributed by atoms with van der Waals surface area (Å²) in [4.78, 5) is 14.6. The Kier molecular flexibility index (Phi) is 4.17. The molecule has 2 aromatic rings. The van der Waals surface area contributed by atoms with E-state index < -0.39 is 22.0 Å². The number of nitrogens with zero attached hydrogens (tertiary/aromatic N) is 1. The molecule has 0 spiro atoms. The number of carboxylic acid groups (broad SMARTS) is 1. The van der Waals surface area contributed by atoms with E-state index in [1.165, 1.54) is 12.1 Å². The van der Waals surface area contributed by atoms with Crippen LogP contribution in [0, 0.1) is 0 Å². The number of hydrogen-bond acceptors (Lipinski definition) is 5. The average molecular weight is 312 g/mol. The first kappa shape index (κ1) is 14.6. The molecule has 8 heteroatoms. The van der Waals surface area contributed by atoms with E-state index >= 15 is 0 Å². The minimum Gasteiger partial charge on any atom is -0.477 e. The first-order valence-electron chi connectivity index (χ1n) is 5.65. The molecule has 0 saturated heterocycles. The van der Waals surface area contributed by atoms with Crippen LogP contribution in [0.1, 0.15) is 28.2 Å². The van der Waals surface area contributed by atoms with Crippen molar-refractivity contribution in [1.82, 2.24) is 9.71 Å². The highest BCUT2D eigenvalue weighted by Gasteiger charge is 2.21. The van der Waals surface area contributed by atoms with Crippen LogP contribution < -0.4 is 4.72 Å². The molecule has 1 atom stereocenters. The van der Waals surface area contributed by atoms with Crippen LogP contribution in [0.4, 0.5) is 0 Å². The molecule has 106 valence electrons. The van der Waals surface area contributed by atoms with Gasteiger partial charge in [-0.3, -0.25) is 4.98 Å². The Labute approximate surface area is 120 Å². The van der Waals surface area contributed by atoms with Crippen molar-refractivity contribution in [3.8, 4) is 0 Å². The highest BCUT2D eigenvalue weighted by atomic mass is 32.2. The molecule has 2 heterocycles. The lowest BCUT2D eigenvalue weighted by Gasteiger charge is -2.13. The summed E-state index contributed by atoms with van der Waals surface area (Å²) in [7, 11) is -3.74. The normalized spacial score (nSPS) is 13.1. The van der Waals surface area contributed by atoms with Gasteiger partial charge in [0, 0.05) is 18.4 Å². The van der Waals surface area contributed by atoms with E-state index in [4.69, 9.17) is 5.11 Å². The van der Waals surface area contributed by atoms with Crippen molar-refractivity contribution in [2.24, 2.45) is 0 Å². The fourth-order valence-electron chi connectivity index (χ4n) is 1.59. The van der Waals surface area contributed by atoms with Crippen molar-refractivity contribution in [1.29, 1.82) is 0 Å². The van der Waals surface area contributed by atoms with E-state index in [9.17, 15) is 13.2 Å². The quantitative estimate of drug-likeness (QED) is 0.878. The van der Waals surface area contributed by atoms with Gasteiger partial charge in [0.25, 0.3) is 10.0 Å². The number of hydrogen-bond donors (Lipinski definition) is 2. The first-order valence-corrected chi connectivity index (χ1v) is 7.95. The fraction of sp³-hybridized carbons (Fsp3) is 0.167. The molecule has 0 fully saturated rings. The molecule has 0 aromatic carbocycles. The van der Waals surface area contributed by atoms with E-state index in [0.717, 1.165) is 16.9 Å². The van der Waals surface area contributed by atoms with Gasteiger partial charge in [-0.1, -0.05) is 0 Å². The maximum absolute atomic E-state index is 12.1. The zero-order valence-electron chi connectivity index (χ0n) is 10.5. The van der Waals surface area contributed by atoms with Gasteiger partial charge in [0.15, 0.2) is 0 Å². The number of aromatic carboxylic acids is 1. The van der Waals surface area contributed by atoms with Crippen LogP contribution in [-0.2, 0) is 10.0 Å². The summed E-state index contributed by atoms with van der Waals surface area (Å²) in [6, 6.07) is 5.56. The monoisotopic (exact) mass is 312 g/mol. The summed E-state index contributed by atoms with van der Waals surface area (Å²) in [6.45, 7) is 1.71. The van der Waals surface area contributed by atoms with Gasteiger partial charge in [-0.15, -0.1) is 11.3 Å². The first-order chi connectivity index (χ1) is 9.40. The summed E-state index contributed by atoms with van der Waals surface area (Å²) in [5, 5.41) is 8.81. The zero-order chi connectivity index (χ0) is 14.8. The molecule has 0 radical (unpaired) electrons. The van der Waals surface area contributed by atoms with Gasteiger partial charge < -0.3 is 5.11 Å². The summed E-state index contributed by atoms with van der Waals surface area (Å²) < 4.78 is 26.8. The van der Waals surface area contributed by atoms with Crippen molar-refractivity contribution >= 4 is 27.3 Å². The number of aromatic nitrogens is 1. The van der Waals surface area contributed by atoms with Gasteiger partial charge in [0.1, 0.15) is 9.09 Å². The molecule has 0 bridgehead atoms. The minimum absolute atomic E-state index is 0.0121. The van der Waals surface area contributed by atoms with Gasteiger partial charge in [0.2, 0.25) is 0 Å². The number of sulfonamides is 1. The second-order valence-electron chi connectivity index (χ2n) is 4.05. The molecule has 2 N–H and O–H groups in total. The third kappa shape index (κ3) is 3.21. The van der Waals surface area contributed by atoms with Gasteiger partial charge in [0.05, 0.1) is 0 Å². The molecule has 0 amide bonds. The van der Waals surface area contributed by atoms with Gasteiger partial charge in [-0.25, -0.2) is 17.9 Å². The van der Waals surface area contributed by atoms with Gasteiger partial charge in [-0.2, -0.15) is 0 Å². The van der Waals surface area contributed by atoms with Crippen LogP contribution in [-0.4, -0.2) is 24.5 Å². The number of carboxylic acids is 1. The lowest BCUT2D eigenvalue weighted by Crippen LogP contribution is -2.26. The number of carbonyl (C=O) groups is 1. The second kappa shape index (κ2) is 5.70. The SMILES string of the molecule is C[C@H](NS(=O)(=O)c1ccc(C(=O)O)s1)c1ccncc1. The Morgan fingerprint density at radius 3 is 2.50 bits per heavy atom. The minimum atomic E-state index is -3.74. The molecule has 0 saturated carbocycles. The van der Waals surface area contributed by atoms with Crippen LogP contribution in [0.5, 0.6) is 0 Å². The van der Waals surface area contributed by atoms with Crippen molar-refractivity contribution in [3.05, 3.63) is 47.1 Å². The van der Waals surface area contributed by atoms with Crippen molar-refractivity contribution < 1.29 is 18.3 Å². The molecule has 0 aliphatic rings. The maximum Gasteiger partial charge on any atom is 0.345 e. The van der Waals surface area contributed by atoms with Crippen LogP contribution in [0.2, 0.25) is 0 Å².